The lowest BCUT2D eigenvalue weighted by Gasteiger charge is -2.30. The van der Waals surface area contributed by atoms with Crippen LogP contribution in [0.3, 0.4) is 0 Å². The highest BCUT2D eigenvalue weighted by Crippen LogP contribution is 2.19. The lowest BCUT2D eigenvalue weighted by molar-refractivity contribution is -0.133. The molecule has 1 aliphatic rings. The van der Waals surface area contributed by atoms with E-state index in [2.05, 4.69) is 12.2 Å². The summed E-state index contributed by atoms with van der Waals surface area (Å²) < 4.78 is 0. The van der Waals surface area contributed by atoms with Crippen LogP contribution in [0.1, 0.15) is 25.3 Å². The standard InChI is InChI=1S/C15H21ClN2O/c1-11-7-8-17-14(9-11)15(19)18(2)10-12-5-3-4-6-13(12)16/h3-6,11,14,17H,7-10H2,1-2H3. The van der Waals surface area contributed by atoms with Gasteiger partial charge in [0.25, 0.3) is 0 Å². The van der Waals surface area contributed by atoms with Crippen LogP contribution in [0.4, 0.5) is 0 Å². The Bertz CT molecular complexity index is 450. The highest BCUT2D eigenvalue weighted by molar-refractivity contribution is 6.31. The number of hydrogen-bond donors (Lipinski definition) is 1. The fraction of sp³-hybridized carbons (Fsp3) is 0.533. The smallest absolute Gasteiger partial charge is 0.239 e. The molecule has 1 N–H and O–H groups in total. The summed E-state index contributed by atoms with van der Waals surface area (Å²) in [5, 5.41) is 4.02. The summed E-state index contributed by atoms with van der Waals surface area (Å²) in [4.78, 5) is 14.1. The van der Waals surface area contributed by atoms with Crippen molar-refractivity contribution in [3.8, 4) is 0 Å². The summed E-state index contributed by atoms with van der Waals surface area (Å²) >= 11 is 6.13. The van der Waals surface area contributed by atoms with Crippen molar-refractivity contribution in [3.63, 3.8) is 0 Å². The fourth-order valence-electron chi connectivity index (χ4n) is 2.52. The molecule has 1 heterocycles. The van der Waals surface area contributed by atoms with Gasteiger partial charge in [-0.2, -0.15) is 0 Å². The first-order chi connectivity index (χ1) is 9.08. The summed E-state index contributed by atoms with van der Waals surface area (Å²) in [7, 11) is 1.84. The molecule has 0 bridgehead atoms. The zero-order chi connectivity index (χ0) is 13.8. The van der Waals surface area contributed by atoms with E-state index >= 15 is 0 Å². The van der Waals surface area contributed by atoms with E-state index in [1.54, 1.807) is 4.90 Å². The van der Waals surface area contributed by atoms with Crippen LogP contribution in [0.15, 0.2) is 24.3 Å². The molecule has 2 atom stereocenters. The van der Waals surface area contributed by atoms with Crippen LogP contribution in [0, 0.1) is 5.92 Å². The van der Waals surface area contributed by atoms with Crippen LogP contribution in [-0.4, -0.2) is 30.4 Å². The number of nitrogens with one attached hydrogen (secondary N) is 1. The van der Waals surface area contributed by atoms with Crippen molar-refractivity contribution >= 4 is 17.5 Å². The summed E-state index contributed by atoms with van der Waals surface area (Å²) in [6.45, 7) is 3.69. The van der Waals surface area contributed by atoms with E-state index in [4.69, 9.17) is 11.6 Å². The van der Waals surface area contributed by atoms with Crippen molar-refractivity contribution in [1.29, 1.82) is 0 Å². The number of halogens is 1. The normalized spacial score (nSPS) is 23.1. The zero-order valence-corrected chi connectivity index (χ0v) is 12.3. The Kier molecular flexibility index (Phi) is 4.83. The Morgan fingerprint density at radius 2 is 2.21 bits per heavy atom. The van der Waals surface area contributed by atoms with Gasteiger partial charge in [0, 0.05) is 18.6 Å². The molecule has 0 aromatic heterocycles. The maximum atomic E-state index is 12.4. The lowest BCUT2D eigenvalue weighted by Crippen LogP contribution is -2.48. The first-order valence-electron chi connectivity index (χ1n) is 6.79. The van der Waals surface area contributed by atoms with Crippen molar-refractivity contribution in [3.05, 3.63) is 34.9 Å². The molecule has 4 heteroatoms. The van der Waals surface area contributed by atoms with Gasteiger partial charge in [-0.15, -0.1) is 0 Å². The molecule has 1 saturated heterocycles. The summed E-state index contributed by atoms with van der Waals surface area (Å²) in [6.07, 6.45) is 2.07. The number of nitrogens with zero attached hydrogens (tertiary/aromatic N) is 1. The van der Waals surface area contributed by atoms with E-state index in [0.717, 1.165) is 24.9 Å². The SMILES string of the molecule is CC1CCNC(C(=O)N(C)Cc2ccccc2Cl)C1. The second kappa shape index (κ2) is 6.40. The predicted octanol–water partition coefficient (Wildman–Crippen LogP) is 2.69. The molecule has 1 aromatic rings. The number of carbonyl (C=O) groups excluding carboxylic acids is 1. The minimum Gasteiger partial charge on any atom is -0.340 e. The van der Waals surface area contributed by atoms with Crippen LogP contribution in [0.5, 0.6) is 0 Å². The van der Waals surface area contributed by atoms with Crippen LogP contribution in [0.25, 0.3) is 0 Å². The van der Waals surface area contributed by atoms with Gasteiger partial charge in [0.2, 0.25) is 5.91 Å². The highest BCUT2D eigenvalue weighted by Gasteiger charge is 2.26. The monoisotopic (exact) mass is 280 g/mol. The van der Waals surface area contributed by atoms with Gasteiger partial charge in [0.05, 0.1) is 6.04 Å². The quantitative estimate of drug-likeness (QED) is 0.923. The molecule has 3 nitrogen and oxygen atoms in total. The van der Waals surface area contributed by atoms with Gasteiger partial charge in [0.1, 0.15) is 0 Å². The van der Waals surface area contributed by atoms with Crippen LogP contribution < -0.4 is 5.32 Å². The van der Waals surface area contributed by atoms with Gasteiger partial charge in [-0.05, 0) is 36.9 Å². The van der Waals surface area contributed by atoms with Gasteiger partial charge in [0.15, 0.2) is 0 Å². The Labute approximate surface area is 119 Å². The molecular formula is C15H21ClN2O. The highest BCUT2D eigenvalue weighted by atomic mass is 35.5. The van der Waals surface area contributed by atoms with Gasteiger partial charge in [-0.1, -0.05) is 36.7 Å². The summed E-state index contributed by atoms with van der Waals surface area (Å²) in [5.74, 6) is 0.774. The fourth-order valence-corrected chi connectivity index (χ4v) is 2.72. The number of benzene rings is 1. The number of likely N-dealkylation sites (N-methyl/N-ethyl adjacent to an activating group) is 1. The number of piperidine rings is 1. The van der Waals surface area contributed by atoms with Crippen molar-refractivity contribution < 1.29 is 4.79 Å². The summed E-state index contributed by atoms with van der Waals surface area (Å²) in [5.41, 5.74) is 0.990. The van der Waals surface area contributed by atoms with Crippen molar-refractivity contribution in [2.45, 2.75) is 32.4 Å². The van der Waals surface area contributed by atoms with Gasteiger partial charge >= 0.3 is 0 Å². The molecule has 19 heavy (non-hydrogen) atoms. The van der Waals surface area contributed by atoms with E-state index in [0.29, 0.717) is 17.5 Å². The molecular weight excluding hydrogens is 260 g/mol. The largest absolute Gasteiger partial charge is 0.340 e. The van der Waals surface area contributed by atoms with E-state index in [-0.39, 0.29) is 11.9 Å². The molecule has 0 aliphatic carbocycles. The second-order valence-corrected chi connectivity index (χ2v) is 5.83. The minimum absolute atomic E-state index is 0.0452. The average Bonchev–Trinajstić information content (AvgIpc) is 2.40. The van der Waals surface area contributed by atoms with Crippen molar-refractivity contribution in [1.82, 2.24) is 10.2 Å². The Hall–Kier alpha value is -1.06. The molecule has 2 rings (SSSR count). The minimum atomic E-state index is -0.0452. The van der Waals surface area contributed by atoms with Crippen LogP contribution >= 0.6 is 11.6 Å². The molecule has 104 valence electrons. The van der Waals surface area contributed by atoms with Gasteiger partial charge in [-0.25, -0.2) is 0 Å². The number of rotatable bonds is 3. The first-order valence-corrected chi connectivity index (χ1v) is 7.17. The third-order valence-electron chi connectivity index (χ3n) is 3.71. The number of hydrogen-bond acceptors (Lipinski definition) is 2. The second-order valence-electron chi connectivity index (χ2n) is 5.42. The van der Waals surface area contributed by atoms with E-state index in [1.165, 1.54) is 0 Å². The third-order valence-corrected chi connectivity index (χ3v) is 4.07. The molecule has 1 aliphatic heterocycles. The molecule has 1 fully saturated rings. The van der Waals surface area contributed by atoms with Gasteiger partial charge < -0.3 is 10.2 Å². The third kappa shape index (κ3) is 3.71. The molecule has 2 unspecified atom stereocenters. The van der Waals surface area contributed by atoms with E-state index < -0.39 is 0 Å². The summed E-state index contributed by atoms with van der Waals surface area (Å²) in [6, 6.07) is 7.62. The Balaban J connectivity index is 1.97. The maximum absolute atomic E-state index is 12.4. The first kappa shape index (κ1) is 14.4. The number of carbonyl (C=O) groups is 1. The van der Waals surface area contributed by atoms with Crippen molar-refractivity contribution in [2.24, 2.45) is 5.92 Å². The van der Waals surface area contributed by atoms with E-state index in [1.807, 2.05) is 31.3 Å². The zero-order valence-electron chi connectivity index (χ0n) is 11.5. The molecule has 0 radical (unpaired) electrons. The number of amides is 1. The molecule has 1 amide bonds. The van der Waals surface area contributed by atoms with Gasteiger partial charge in [-0.3, -0.25) is 4.79 Å². The Morgan fingerprint density at radius 1 is 1.47 bits per heavy atom. The van der Waals surface area contributed by atoms with Crippen molar-refractivity contribution in [2.75, 3.05) is 13.6 Å². The maximum Gasteiger partial charge on any atom is 0.239 e. The van der Waals surface area contributed by atoms with E-state index in [9.17, 15) is 4.79 Å². The molecule has 0 spiro atoms. The molecule has 0 saturated carbocycles. The Morgan fingerprint density at radius 3 is 2.89 bits per heavy atom. The molecule has 1 aromatic carbocycles. The van der Waals surface area contributed by atoms with Crippen LogP contribution in [-0.2, 0) is 11.3 Å². The van der Waals surface area contributed by atoms with Crippen LogP contribution in [0.2, 0.25) is 5.02 Å². The average molecular weight is 281 g/mol. The lowest BCUT2D eigenvalue weighted by atomic mass is 9.93. The predicted molar refractivity (Wildman–Crippen MR) is 78.1 cm³/mol. The topological polar surface area (TPSA) is 32.3 Å².